The first-order valence-corrected chi connectivity index (χ1v) is 5.75. The van der Waals surface area contributed by atoms with Gasteiger partial charge in [-0.2, -0.15) is 0 Å². The van der Waals surface area contributed by atoms with Crippen molar-refractivity contribution in [3.8, 4) is 0 Å². The zero-order valence-electron chi connectivity index (χ0n) is 9.95. The molecule has 1 N–H and O–H groups in total. The van der Waals surface area contributed by atoms with Crippen molar-refractivity contribution in [1.29, 1.82) is 0 Å². The maximum absolute atomic E-state index is 5.17. The molecular formula is C12H13N5O. The first-order chi connectivity index (χ1) is 8.84. The standard InChI is InChI=1S/C12H13N5O/c1-9(14-7-10-6-13-8-18-10)12-16-15-11-4-2-3-5-17(11)12/h2-6,8-9,14H,7H2,1H3. The van der Waals surface area contributed by atoms with Gasteiger partial charge in [-0.1, -0.05) is 6.07 Å². The highest BCUT2D eigenvalue weighted by Crippen LogP contribution is 2.12. The Bertz CT molecular complexity index is 631. The van der Waals surface area contributed by atoms with Crippen LogP contribution in [0, 0.1) is 0 Å². The van der Waals surface area contributed by atoms with Crippen LogP contribution < -0.4 is 5.32 Å². The minimum atomic E-state index is 0.0764. The van der Waals surface area contributed by atoms with Crippen molar-refractivity contribution < 1.29 is 4.42 Å². The molecule has 0 aromatic carbocycles. The average Bonchev–Trinajstić information content (AvgIpc) is 3.05. The molecule has 0 spiro atoms. The van der Waals surface area contributed by atoms with Gasteiger partial charge in [-0.25, -0.2) is 4.98 Å². The first-order valence-electron chi connectivity index (χ1n) is 5.75. The summed E-state index contributed by atoms with van der Waals surface area (Å²) in [4.78, 5) is 3.87. The molecule has 3 rings (SSSR count). The highest BCUT2D eigenvalue weighted by molar-refractivity contribution is 5.37. The van der Waals surface area contributed by atoms with Crippen LogP contribution in [0.25, 0.3) is 5.65 Å². The van der Waals surface area contributed by atoms with Crippen LogP contribution in [0.4, 0.5) is 0 Å². The molecule has 0 amide bonds. The number of pyridine rings is 1. The lowest BCUT2D eigenvalue weighted by Crippen LogP contribution is -2.20. The number of hydrogen-bond acceptors (Lipinski definition) is 5. The summed E-state index contributed by atoms with van der Waals surface area (Å²) in [5.74, 6) is 1.68. The van der Waals surface area contributed by atoms with Crippen molar-refractivity contribution in [2.75, 3.05) is 0 Å². The Morgan fingerprint density at radius 2 is 2.33 bits per heavy atom. The van der Waals surface area contributed by atoms with E-state index in [9.17, 15) is 0 Å². The molecule has 0 aliphatic heterocycles. The van der Waals surface area contributed by atoms with Gasteiger partial charge in [0.2, 0.25) is 0 Å². The molecule has 0 saturated carbocycles. The summed E-state index contributed by atoms with van der Waals surface area (Å²) in [6.07, 6.45) is 5.08. The number of oxazole rings is 1. The summed E-state index contributed by atoms with van der Waals surface area (Å²) in [6.45, 7) is 2.66. The molecule has 0 aliphatic carbocycles. The van der Waals surface area contributed by atoms with Crippen molar-refractivity contribution >= 4 is 5.65 Å². The number of rotatable bonds is 4. The van der Waals surface area contributed by atoms with Crippen LogP contribution in [0.15, 0.2) is 41.4 Å². The Kier molecular flexibility index (Phi) is 2.77. The number of aromatic nitrogens is 4. The zero-order chi connectivity index (χ0) is 12.4. The van der Waals surface area contributed by atoms with Gasteiger partial charge in [0.25, 0.3) is 0 Å². The Morgan fingerprint density at radius 1 is 1.39 bits per heavy atom. The van der Waals surface area contributed by atoms with Gasteiger partial charge >= 0.3 is 0 Å². The van der Waals surface area contributed by atoms with Gasteiger partial charge in [-0.3, -0.25) is 4.40 Å². The summed E-state index contributed by atoms with van der Waals surface area (Å²) < 4.78 is 7.14. The third-order valence-corrected chi connectivity index (χ3v) is 2.79. The van der Waals surface area contributed by atoms with Gasteiger partial charge in [-0.05, 0) is 19.1 Å². The van der Waals surface area contributed by atoms with Crippen molar-refractivity contribution in [3.05, 3.63) is 48.6 Å². The Hall–Kier alpha value is -2.21. The van der Waals surface area contributed by atoms with Crippen molar-refractivity contribution in [2.45, 2.75) is 19.5 Å². The SMILES string of the molecule is CC(NCc1cnco1)c1nnc2ccccn12. The fraction of sp³-hybridized carbons (Fsp3) is 0.250. The van der Waals surface area contributed by atoms with Gasteiger partial charge in [-0.15, -0.1) is 10.2 Å². The van der Waals surface area contributed by atoms with Crippen LogP contribution >= 0.6 is 0 Å². The molecule has 0 saturated heterocycles. The molecule has 92 valence electrons. The minimum absolute atomic E-state index is 0.0764. The second-order valence-electron chi connectivity index (χ2n) is 4.06. The van der Waals surface area contributed by atoms with Crippen molar-refractivity contribution in [2.24, 2.45) is 0 Å². The lowest BCUT2D eigenvalue weighted by molar-refractivity contribution is 0.450. The summed E-state index contributed by atoms with van der Waals surface area (Å²) in [5, 5.41) is 11.6. The Balaban J connectivity index is 1.77. The molecule has 18 heavy (non-hydrogen) atoms. The molecule has 0 aliphatic rings. The predicted octanol–water partition coefficient (Wildman–Crippen LogP) is 1.57. The van der Waals surface area contributed by atoms with E-state index in [4.69, 9.17) is 4.42 Å². The van der Waals surface area contributed by atoms with E-state index >= 15 is 0 Å². The predicted molar refractivity (Wildman–Crippen MR) is 64.7 cm³/mol. The smallest absolute Gasteiger partial charge is 0.180 e. The molecule has 3 heterocycles. The van der Waals surface area contributed by atoms with Gasteiger partial charge < -0.3 is 9.73 Å². The largest absolute Gasteiger partial charge is 0.447 e. The molecule has 1 unspecified atom stereocenters. The highest BCUT2D eigenvalue weighted by Gasteiger charge is 2.12. The van der Waals surface area contributed by atoms with Gasteiger partial charge in [0, 0.05) is 6.20 Å². The van der Waals surface area contributed by atoms with E-state index in [0.29, 0.717) is 6.54 Å². The molecule has 0 radical (unpaired) electrons. The van der Waals surface area contributed by atoms with Gasteiger partial charge in [0.15, 0.2) is 17.9 Å². The molecule has 0 bridgehead atoms. The van der Waals surface area contributed by atoms with Crippen LogP contribution in [0.1, 0.15) is 24.6 Å². The minimum Gasteiger partial charge on any atom is -0.447 e. The van der Waals surface area contributed by atoms with E-state index in [1.807, 2.05) is 35.7 Å². The normalized spacial score (nSPS) is 12.9. The second-order valence-corrected chi connectivity index (χ2v) is 4.06. The molecule has 3 aromatic heterocycles. The molecule has 6 nitrogen and oxygen atoms in total. The van der Waals surface area contributed by atoms with Gasteiger partial charge in [0.1, 0.15) is 5.76 Å². The first kappa shape index (κ1) is 10.9. The Morgan fingerprint density at radius 3 is 3.17 bits per heavy atom. The molecule has 1 atom stereocenters. The van der Waals surface area contributed by atoms with Crippen LogP contribution in [0.5, 0.6) is 0 Å². The molecular weight excluding hydrogens is 230 g/mol. The zero-order valence-corrected chi connectivity index (χ0v) is 9.95. The van der Waals surface area contributed by atoms with E-state index in [-0.39, 0.29) is 6.04 Å². The van der Waals surface area contributed by atoms with Gasteiger partial charge in [0.05, 0.1) is 18.8 Å². The second kappa shape index (κ2) is 4.58. The van der Waals surface area contributed by atoms with E-state index in [1.54, 1.807) is 6.20 Å². The number of nitrogens with zero attached hydrogens (tertiary/aromatic N) is 4. The van der Waals surface area contributed by atoms with E-state index in [1.165, 1.54) is 6.39 Å². The lowest BCUT2D eigenvalue weighted by atomic mass is 10.3. The molecule has 3 aromatic rings. The van der Waals surface area contributed by atoms with Crippen LogP contribution in [-0.4, -0.2) is 19.6 Å². The summed E-state index contributed by atoms with van der Waals surface area (Å²) in [7, 11) is 0. The quantitative estimate of drug-likeness (QED) is 0.753. The Labute approximate surface area is 104 Å². The van der Waals surface area contributed by atoms with E-state index < -0.39 is 0 Å². The average molecular weight is 243 g/mol. The van der Waals surface area contributed by atoms with Crippen LogP contribution in [-0.2, 0) is 6.54 Å². The maximum atomic E-state index is 5.17. The number of nitrogens with one attached hydrogen (secondary N) is 1. The fourth-order valence-corrected chi connectivity index (χ4v) is 1.83. The fourth-order valence-electron chi connectivity index (χ4n) is 1.83. The summed E-state index contributed by atoms with van der Waals surface area (Å²) in [6, 6.07) is 5.91. The van der Waals surface area contributed by atoms with E-state index in [0.717, 1.165) is 17.2 Å². The van der Waals surface area contributed by atoms with Crippen molar-refractivity contribution in [1.82, 2.24) is 24.9 Å². The van der Waals surface area contributed by atoms with Crippen LogP contribution in [0.2, 0.25) is 0 Å². The number of hydrogen-bond donors (Lipinski definition) is 1. The van der Waals surface area contributed by atoms with E-state index in [2.05, 4.69) is 20.5 Å². The highest BCUT2D eigenvalue weighted by atomic mass is 16.3. The third kappa shape index (κ3) is 1.98. The number of fused-ring (bicyclic) bond motifs is 1. The third-order valence-electron chi connectivity index (χ3n) is 2.79. The maximum Gasteiger partial charge on any atom is 0.180 e. The summed E-state index contributed by atoms with van der Waals surface area (Å²) >= 11 is 0. The molecule has 6 heteroatoms. The lowest BCUT2D eigenvalue weighted by Gasteiger charge is -2.10. The van der Waals surface area contributed by atoms with Crippen LogP contribution in [0.3, 0.4) is 0 Å². The molecule has 0 fully saturated rings. The van der Waals surface area contributed by atoms with Crippen molar-refractivity contribution in [3.63, 3.8) is 0 Å². The monoisotopic (exact) mass is 243 g/mol. The summed E-state index contributed by atoms with van der Waals surface area (Å²) in [5.41, 5.74) is 0.848. The topological polar surface area (TPSA) is 68.2 Å².